The highest BCUT2D eigenvalue weighted by molar-refractivity contribution is 7.15. The second-order valence-electron chi connectivity index (χ2n) is 22.7. The molecule has 0 spiro atoms. The molecule has 2 aliphatic rings. The number of hydrogen-bond acceptors (Lipinski definition) is 23. The number of aliphatic carboxylic acids is 1. The molecule has 9 aromatic rings. The van der Waals surface area contributed by atoms with E-state index in [1.165, 1.54) is 87.9 Å². The molecule has 10 bridgehead atoms. The Morgan fingerprint density at radius 2 is 1.40 bits per heavy atom. The van der Waals surface area contributed by atoms with Gasteiger partial charge >= 0.3 is 11.9 Å². The molecule has 1 fully saturated rings. The molecular weight excluding hydrogens is 1320 g/mol. The van der Waals surface area contributed by atoms with Gasteiger partial charge in [0.25, 0.3) is 11.8 Å². The van der Waals surface area contributed by atoms with Gasteiger partial charge in [0, 0.05) is 64.4 Å². The number of rotatable bonds is 14. The van der Waals surface area contributed by atoms with Crippen molar-refractivity contribution in [3.05, 3.63) is 147 Å². The highest BCUT2D eigenvalue weighted by atomic mass is 32.1. The quantitative estimate of drug-likeness (QED) is 0.0532. The van der Waals surface area contributed by atoms with Gasteiger partial charge in [-0.2, -0.15) is 0 Å². The molecule has 1 aliphatic carbocycles. The fourth-order valence-electron chi connectivity index (χ4n) is 11.0. The molecule has 2 aromatic carbocycles. The number of aliphatic hydroxyl groups is 1. The highest BCUT2D eigenvalue weighted by Gasteiger charge is 2.36. The van der Waals surface area contributed by atoms with Crippen molar-refractivity contribution >= 4 is 121 Å². The monoisotopic (exact) mass is 1380 g/mol. The molecule has 1 aliphatic heterocycles. The van der Waals surface area contributed by atoms with Crippen LogP contribution in [0.15, 0.2) is 88.3 Å². The van der Waals surface area contributed by atoms with E-state index in [1.807, 2.05) is 13.8 Å². The number of hydrogen-bond donors (Lipinski definition) is 7. The van der Waals surface area contributed by atoms with Gasteiger partial charge < -0.3 is 41.3 Å². The minimum atomic E-state index is -1.30. The van der Waals surface area contributed by atoms with Crippen LogP contribution in [0, 0.1) is 24.7 Å². The van der Waals surface area contributed by atoms with Gasteiger partial charge in [0.2, 0.25) is 17.7 Å². The smallest absolute Gasteiger partial charge is 0.335 e. The molecule has 486 valence electrons. The number of pyridine rings is 1. The Balaban J connectivity index is 0.991. The van der Waals surface area contributed by atoms with E-state index in [0.717, 1.165) is 11.3 Å². The standard InChI is InChI=1S/C64H62N12O12S6/c1-30(2)38-21-44(77)49-31(3)93-60(74-49)40(22-47(78)65-4)68-54(81)42-27-89-56(70-42)37-18-19-39(58-72-46(29-92-58)76(24-32-10-9-13-36(20-32)64(86)87)62(83)34-14-16-35(17-15-34)63(84)85)67-50(37)41-26-90-59(69-41)43-28-91-61(71-43)52(53(80)33-11-7-6-8-12-33)73-48(79)23-66-55(82)51-45(25-88-5)94-57(38)75-51/h6-13,18-20,26-30,34-35,38,40,52-53,80H,14-17,21-25H2,1-5H3,(H,65,78)(H,66,82)(H,68,81)(H,73,79)(H,84,85)(H,86,87)/t34?,35?,38?,40-,52-,53-/m0/s1. The summed E-state index contributed by atoms with van der Waals surface area (Å²) in [7, 11) is 2.95. The maximum Gasteiger partial charge on any atom is 0.335 e. The van der Waals surface area contributed by atoms with Gasteiger partial charge in [0.05, 0.1) is 59.2 Å². The largest absolute Gasteiger partial charge is 0.481 e. The lowest BCUT2D eigenvalue weighted by molar-refractivity contribution is -0.144. The zero-order chi connectivity index (χ0) is 66.5. The molecule has 94 heavy (non-hydrogen) atoms. The number of fused-ring (bicyclic) bond motifs is 14. The number of amides is 5. The number of ketones is 1. The molecule has 11 rings (SSSR count). The van der Waals surface area contributed by atoms with E-state index in [4.69, 9.17) is 39.6 Å². The van der Waals surface area contributed by atoms with E-state index in [1.54, 1.807) is 83.0 Å². The number of aryl methyl sites for hydroxylation is 1. The van der Waals surface area contributed by atoms with Crippen LogP contribution < -0.4 is 26.2 Å². The van der Waals surface area contributed by atoms with Crippen molar-refractivity contribution in [1.29, 1.82) is 0 Å². The lowest BCUT2D eigenvalue weighted by atomic mass is 9.81. The van der Waals surface area contributed by atoms with E-state index in [-0.39, 0.29) is 72.1 Å². The van der Waals surface area contributed by atoms with Gasteiger partial charge in [-0.3, -0.25) is 38.5 Å². The number of thiazole rings is 6. The van der Waals surface area contributed by atoms with Crippen molar-refractivity contribution in [2.75, 3.05) is 25.6 Å². The van der Waals surface area contributed by atoms with Gasteiger partial charge in [-0.05, 0) is 73.9 Å². The predicted octanol–water partition coefficient (Wildman–Crippen LogP) is 10.3. The fourth-order valence-corrected chi connectivity index (χ4v) is 16.6. The number of methoxy groups -OCH3 is 1. The van der Waals surface area contributed by atoms with Gasteiger partial charge in [0.15, 0.2) is 5.78 Å². The summed E-state index contributed by atoms with van der Waals surface area (Å²) in [5.74, 6) is -6.48. The van der Waals surface area contributed by atoms with Crippen LogP contribution in [0.3, 0.4) is 0 Å². The number of anilines is 1. The van der Waals surface area contributed by atoms with E-state index in [2.05, 4.69) is 21.3 Å². The number of nitrogens with one attached hydrogen (secondary N) is 4. The average Bonchev–Trinajstić information content (AvgIpc) is 1.56. The first-order valence-corrected chi connectivity index (χ1v) is 34.9. The third-order valence-corrected chi connectivity index (χ3v) is 21.8. The SMILES string of the molecule is CNC(=O)C[C@@H]1NC(=O)c2csc(n2)-c2ccc(-c3nc(N(Cc4cccc(C(=O)O)c4)C(=O)C4CCC(C(=O)O)CC4)cs3)nc2-c2csc(n2)-c2csc(n2)[C@H]([C@@H](O)c2ccccc2)NC(=O)CNC(=O)c2nc(sc2COC)C(C(C)C)CC(=O)c2nc1sc2C. The topological polar surface area (TPSA) is 348 Å². The van der Waals surface area contributed by atoms with E-state index >= 15 is 0 Å². The number of carbonyl (C=O) groups excluding carboxylic acids is 6. The van der Waals surface area contributed by atoms with Crippen LogP contribution in [-0.4, -0.2) is 118 Å². The summed E-state index contributed by atoms with van der Waals surface area (Å²) in [6.07, 6.45) is -0.266. The first kappa shape index (κ1) is 66.7. The third kappa shape index (κ3) is 14.9. The number of aliphatic hydroxyl groups excluding tert-OH is 1. The number of nitrogens with zero attached hydrogens (tertiary/aromatic N) is 8. The number of carbonyl (C=O) groups is 8. The Hall–Kier alpha value is -8.75. The van der Waals surface area contributed by atoms with Crippen LogP contribution in [0.2, 0.25) is 0 Å². The second-order valence-corrected chi connectivity index (χ2v) is 28.6. The normalized spacial score (nSPS) is 18.4. The van der Waals surface area contributed by atoms with Crippen LogP contribution in [0.1, 0.15) is 154 Å². The molecule has 0 radical (unpaired) electrons. The highest BCUT2D eigenvalue weighted by Crippen LogP contribution is 2.42. The first-order valence-electron chi connectivity index (χ1n) is 29.8. The molecule has 0 saturated heterocycles. The van der Waals surface area contributed by atoms with Crippen LogP contribution in [0.25, 0.3) is 43.4 Å². The van der Waals surface area contributed by atoms with Crippen LogP contribution in [0.4, 0.5) is 5.82 Å². The van der Waals surface area contributed by atoms with Crippen molar-refractivity contribution in [3.63, 3.8) is 0 Å². The maximum atomic E-state index is 14.6. The molecule has 30 heteroatoms. The van der Waals surface area contributed by atoms with Crippen molar-refractivity contribution < 1.29 is 58.4 Å². The summed E-state index contributed by atoms with van der Waals surface area (Å²) in [4.78, 5) is 146. The molecule has 7 N–H and O–H groups in total. The number of carboxylic acid groups (broad SMARTS) is 2. The third-order valence-electron chi connectivity index (χ3n) is 16.1. The lowest BCUT2D eigenvalue weighted by Crippen LogP contribution is -2.40. The van der Waals surface area contributed by atoms with Crippen LogP contribution in [0.5, 0.6) is 0 Å². The zero-order valence-corrected chi connectivity index (χ0v) is 56.0. The van der Waals surface area contributed by atoms with Gasteiger partial charge in [-0.1, -0.05) is 56.3 Å². The van der Waals surface area contributed by atoms with Gasteiger partial charge in [-0.25, -0.2) is 39.7 Å². The summed E-state index contributed by atoms with van der Waals surface area (Å²) in [6, 6.07) is 16.4. The molecule has 1 unspecified atom stereocenters. The Morgan fingerprint density at radius 1 is 0.702 bits per heavy atom. The number of benzene rings is 2. The number of Topliss-reactive ketones (excluding diaryl/α,β-unsaturated/α-hetero) is 1. The maximum absolute atomic E-state index is 14.6. The average molecular weight is 1380 g/mol. The van der Waals surface area contributed by atoms with Gasteiger partial charge in [-0.15, -0.1) is 68.0 Å². The predicted molar refractivity (Wildman–Crippen MR) is 356 cm³/mol. The number of aromatic nitrogens is 7. The number of ether oxygens (including phenoxy) is 1. The van der Waals surface area contributed by atoms with Crippen LogP contribution in [-0.2, 0) is 37.1 Å². The lowest BCUT2D eigenvalue weighted by Gasteiger charge is -2.30. The molecule has 5 amide bonds. The minimum Gasteiger partial charge on any atom is -0.481 e. The fraction of sp³-hybridized carbons (Fsp3) is 0.328. The molecule has 8 heterocycles. The number of carboxylic acids is 2. The Bertz CT molecular complexity index is 4340. The Labute approximate surface area is 562 Å². The van der Waals surface area contributed by atoms with Crippen molar-refractivity contribution in [1.82, 2.24) is 56.2 Å². The summed E-state index contributed by atoms with van der Waals surface area (Å²) < 4.78 is 5.48. The summed E-state index contributed by atoms with van der Waals surface area (Å²) in [5.41, 5.74) is 3.13. The Kier molecular flexibility index (Phi) is 20.8. The van der Waals surface area contributed by atoms with E-state index < -0.39 is 78.1 Å². The van der Waals surface area contributed by atoms with E-state index in [9.17, 15) is 53.7 Å². The second kappa shape index (κ2) is 29.3. The minimum absolute atomic E-state index is 0.00236. The molecular formula is C64H62N12O12S6. The summed E-state index contributed by atoms with van der Waals surface area (Å²) in [5, 5.41) is 51.8. The summed E-state index contributed by atoms with van der Waals surface area (Å²) in [6.45, 7) is 5.07. The zero-order valence-electron chi connectivity index (χ0n) is 51.1. The first-order chi connectivity index (χ1) is 45.2. The molecule has 24 nitrogen and oxygen atoms in total. The van der Waals surface area contributed by atoms with Crippen molar-refractivity contribution in [2.24, 2.45) is 17.8 Å². The molecule has 7 aromatic heterocycles. The van der Waals surface area contributed by atoms with Crippen LogP contribution >= 0.6 is 68.0 Å². The summed E-state index contributed by atoms with van der Waals surface area (Å²) >= 11 is 7.16. The Morgan fingerprint density at radius 3 is 2.14 bits per heavy atom. The molecule has 1 saturated carbocycles. The van der Waals surface area contributed by atoms with E-state index in [0.29, 0.717) is 105 Å². The van der Waals surface area contributed by atoms with Gasteiger partial charge in [0.1, 0.15) is 77.2 Å². The molecule has 4 atom stereocenters. The van der Waals surface area contributed by atoms with Crippen molar-refractivity contribution in [2.45, 2.75) is 96.6 Å². The number of aromatic carboxylic acids is 1. The van der Waals surface area contributed by atoms with Crippen molar-refractivity contribution in [3.8, 4) is 43.4 Å².